The van der Waals surface area contributed by atoms with Crippen LogP contribution in [0.25, 0.3) is 0 Å². The summed E-state index contributed by atoms with van der Waals surface area (Å²) in [6.45, 7) is 3.25. The van der Waals surface area contributed by atoms with E-state index in [0.29, 0.717) is 26.2 Å². The molecule has 0 aromatic heterocycles. The number of methoxy groups -OCH3 is 1. The van der Waals surface area contributed by atoms with Crippen LogP contribution in [0.1, 0.15) is 23.6 Å². The van der Waals surface area contributed by atoms with Crippen LogP contribution in [0.15, 0.2) is 59.7 Å². The van der Waals surface area contributed by atoms with Crippen molar-refractivity contribution in [1.29, 1.82) is 0 Å². The van der Waals surface area contributed by atoms with Gasteiger partial charge in [-0.05, 0) is 17.7 Å². The van der Waals surface area contributed by atoms with E-state index >= 15 is 0 Å². The topological polar surface area (TPSA) is 54.4 Å². The van der Waals surface area contributed by atoms with Gasteiger partial charge in [-0.3, -0.25) is 9.69 Å². The van der Waals surface area contributed by atoms with Crippen molar-refractivity contribution in [3.63, 3.8) is 0 Å². The number of para-hydroxylation sites is 1. The zero-order valence-corrected chi connectivity index (χ0v) is 16.1. The molecule has 2 heterocycles. The highest BCUT2D eigenvalue weighted by Crippen LogP contribution is 2.34. The highest BCUT2D eigenvalue weighted by atomic mass is 16.5. The van der Waals surface area contributed by atoms with E-state index in [4.69, 9.17) is 14.6 Å². The standard InChI is InChI=1S/C22H25N3O3/c1-27-21-10-6-5-9-18(21)19-15-20(17-7-3-2-4-8-17)25(23-19)22(26)16-24-11-13-28-14-12-24/h2-10,20H,11-16H2,1H3. The Morgan fingerprint density at radius 1 is 1.11 bits per heavy atom. The maximum Gasteiger partial charge on any atom is 0.257 e. The number of benzene rings is 2. The number of nitrogens with zero attached hydrogens (tertiary/aromatic N) is 3. The molecule has 1 unspecified atom stereocenters. The van der Waals surface area contributed by atoms with Crippen LogP contribution in [0.4, 0.5) is 0 Å². The van der Waals surface area contributed by atoms with Crippen molar-refractivity contribution in [2.45, 2.75) is 12.5 Å². The van der Waals surface area contributed by atoms with Gasteiger partial charge in [0, 0.05) is 25.1 Å². The Morgan fingerprint density at radius 3 is 2.57 bits per heavy atom. The fourth-order valence-corrected chi connectivity index (χ4v) is 3.74. The summed E-state index contributed by atoms with van der Waals surface area (Å²) in [7, 11) is 1.66. The second-order valence-electron chi connectivity index (χ2n) is 7.00. The minimum absolute atomic E-state index is 0.0145. The van der Waals surface area contributed by atoms with Gasteiger partial charge in [-0.15, -0.1) is 0 Å². The van der Waals surface area contributed by atoms with E-state index in [2.05, 4.69) is 17.0 Å². The highest BCUT2D eigenvalue weighted by molar-refractivity contribution is 6.05. The van der Waals surface area contributed by atoms with Crippen LogP contribution in [-0.4, -0.2) is 61.5 Å². The van der Waals surface area contributed by atoms with E-state index in [1.54, 1.807) is 12.1 Å². The number of hydrazone groups is 1. The fourth-order valence-electron chi connectivity index (χ4n) is 3.74. The first kappa shape index (κ1) is 18.7. The molecule has 6 nitrogen and oxygen atoms in total. The van der Waals surface area contributed by atoms with E-state index in [1.807, 2.05) is 42.5 Å². The molecule has 2 aromatic rings. The smallest absolute Gasteiger partial charge is 0.257 e. The number of hydrogen-bond donors (Lipinski definition) is 0. The van der Waals surface area contributed by atoms with Crippen LogP contribution in [0.3, 0.4) is 0 Å². The molecule has 2 aromatic carbocycles. The predicted molar refractivity (Wildman–Crippen MR) is 107 cm³/mol. The second kappa shape index (κ2) is 8.54. The van der Waals surface area contributed by atoms with E-state index in [0.717, 1.165) is 35.7 Å². The summed E-state index contributed by atoms with van der Waals surface area (Å²) >= 11 is 0. The quantitative estimate of drug-likeness (QED) is 0.802. The molecule has 0 radical (unpaired) electrons. The van der Waals surface area contributed by atoms with Gasteiger partial charge in [-0.1, -0.05) is 42.5 Å². The molecule has 146 valence electrons. The third-order valence-electron chi connectivity index (χ3n) is 5.23. The van der Waals surface area contributed by atoms with Gasteiger partial charge in [-0.2, -0.15) is 5.10 Å². The van der Waals surface area contributed by atoms with Crippen molar-refractivity contribution in [3.8, 4) is 5.75 Å². The number of morpholine rings is 1. The summed E-state index contributed by atoms with van der Waals surface area (Å²) in [5.74, 6) is 0.788. The van der Waals surface area contributed by atoms with Gasteiger partial charge in [0.2, 0.25) is 0 Å². The molecule has 0 spiro atoms. The van der Waals surface area contributed by atoms with Crippen LogP contribution in [-0.2, 0) is 9.53 Å². The van der Waals surface area contributed by atoms with Crippen molar-refractivity contribution >= 4 is 11.6 Å². The number of rotatable bonds is 5. The summed E-state index contributed by atoms with van der Waals surface area (Å²) in [5, 5.41) is 6.41. The number of amides is 1. The molecule has 0 aliphatic carbocycles. The Kier molecular flexibility index (Phi) is 5.69. The fraction of sp³-hybridized carbons (Fsp3) is 0.364. The molecule has 1 saturated heterocycles. The number of carbonyl (C=O) groups is 1. The van der Waals surface area contributed by atoms with Gasteiger partial charge in [-0.25, -0.2) is 5.01 Å². The molecular formula is C22H25N3O3. The Labute approximate surface area is 165 Å². The van der Waals surface area contributed by atoms with Crippen LogP contribution in [0.2, 0.25) is 0 Å². The number of hydrogen-bond acceptors (Lipinski definition) is 5. The average Bonchev–Trinajstić information content (AvgIpc) is 3.20. The van der Waals surface area contributed by atoms with E-state index in [-0.39, 0.29) is 11.9 Å². The largest absolute Gasteiger partial charge is 0.496 e. The summed E-state index contributed by atoms with van der Waals surface area (Å²) in [4.78, 5) is 15.3. The Hall–Kier alpha value is -2.70. The van der Waals surface area contributed by atoms with E-state index in [9.17, 15) is 4.79 Å². The predicted octanol–water partition coefficient (Wildman–Crippen LogP) is 2.71. The van der Waals surface area contributed by atoms with Crippen molar-refractivity contribution in [3.05, 3.63) is 65.7 Å². The second-order valence-corrected chi connectivity index (χ2v) is 7.00. The molecule has 0 bridgehead atoms. The van der Waals surface area contributed by atoms with E-state index in [1.165, 1.54) is 0 Å². The average molecular weight is 379 g/mol. The lowest BCUT2D eigenvalue weighted by molar-refractivity contribution is -0.135. The van der Waals surface area contributed by atoms with Crippen LogP contribution in [0.5, 0.6) is 5.75 Å². The van der Waals surface area contributed by atoms with Gasteiger partial charge < -0.3 is 9.47 Å². The normalized spacial score (nSPS) is 20.1. The molecule has 0 saturated carbocycles. The number of carbonyl (C=O) groups excluding carboxylic acids is 1. The van der Waals surface area contributed by atoms with Crippen molar-refractivity contribution in [2.24, 2.45) is 5.10 Å². The van der Waals surface area contributed by atoms with Gasteiger partial charge >= 0.3 is 0 Å². The SMILES string of the molecule is COc1ccccc1C1=NN(C(=O)CN2CCOCC2)C(c2ccccc2)C1. The van der Waals surface area contributed by atoms with E-state index < -0.39 is 0 Å². The lowest BCUT2D eigenvalue weighted by Gasteiger charge is -2.29. The Morgan fingerprint density at radius 2 is 1.82 bits per heavy atom. The molecule has 1 atom stereocenters. The summed E-state index contributed by atoms with van der Waals surface area (Å²) in [5.41, 5.74) is 2.90. The zero-order valence-electron chi connectivity index (χ0n) is 16.1. The van der Waals surface area contributed by atoms with Crippen LogP contribution >= 0.6 is 0 Å². The highest BCUT2D eigenvalue weighted by Gasteiger charge is 2.34. The maximum atomic E-state index is 13.1. The molecule has 1 amide bonds. The molecule has 1 fully saturated rings. The van der Waals surface area contributed by atoms with Gasteiger partial charge in [0.25, 0.3) is 5.91 Å². The maximum absolute atomic E-state index is 13.1. The molecule has 0 N–H and O–H groups in total. The molecule has 2 aliphatic rings. The molecule has 6 heteroatoms. The summed E-state index contributed by atoms with van der Waals surface area (Å²) in [6.07, 6.45) is 0.666. The van der Waals surface area contributed by atoms with Crippen molar-refractivity contribution in [1.82, 2.24) is 9.91 Å². The van der Waals surface area contributed by atoms with Gasteiger partial charge in [0.15, 0.2) is 0 Å². The monoisotopic (exact) mass is 379 g/mol. The minimum Gasteiger partial charge on any atom is -0.496 e. The summed E-state index contributed by atoms with van der Waals surface area (Å²) < 4.78 is 10.9. The van der Waals surface area contributed by atoms with Crippen molar-refractivity contribution in [2.75, 3.05) is 40.0 Å². The molecule has 4 rings (SSSR count). The van der Waals surface area contributed by atoms with Crippen molar-refractivity contribution < 1.29 is 14.3 Å². The third kappa shape index (κ3) is 3.93. The number of ether oxygens (including phenoxy) is 2. The first-order valence-corrected chi connectivity index (χ1v) is 9.64. The van der Waals surface area contributed by atoms with Gasteiger partial charge in [0.1, 0.15) is 5.75 Å². The molecular weight excluding hydrogens is 354 g/mol. The lowest BCUT2D eigenvalue weighted by Crippen LogP contribution is -2.43. The molecule has 2 aliphatic heterocycles. The van der Waals surface area contributed by atoms with Crippen LogP contribution < -0.4 is 4.74 Å². The Balaban J connectivity index is 1.62. The molecule has 28 heavy (non-hydrogen) atoms. The minimum atomic E-state index is -0.102. The van der Waals surface area contributed by atoms with Crippen LogP contribution in [0, 0.1) is 0 Å². The third-order valence-corrected chi connectivity index (χ3v) is 5.23. The lowest BCUT2D eigenvalue weighted by atomic mass is 9.98. The Bertz CT molecular complexity index is 847. The first-order valence-electron chi connectivity index (χ1n) is 9.64. The van der Waals surface area contributed by atoms with Gasteiger partial charge in [0.05, 0.1) is 38.6 Å². The first-order chi connectivity index (χ1) is 13.8. The summed E-state index contributed by atoms with van der Waals surface area (Å²) in [6, 6.07) is 17.8. The zero-order chi connectivity index (χ0) is 19.3.